The van der Waals surface area contributed by atoms with Crippen LogP contribution >= 0.6 is 0 Å². The second-order valence-electron chi connectivity index (χ2n) is 6.43. The van der Waals surface area contributed by atoms with E-state index in [9.17, 15) is 9.59 Å². The van der Waals surface area contributed by atoms with E-state index < -0.39 is 0 Å². The molecule has 0 spiro atoms. The number of nitrogens with zero attached hydrogens (tertiary/aromatic N) is 5. The highest BCUT2D eigenvalue weighted by Gasteiger charge is 2.17. The van der Waals surface area contributed by atoms with E-state index in [1.807, 2.05) is 18.2 Å². The van der Waals surface area contributed by atoms with Crippen LogP contribution in [0.4, 0.5) is 0 Å². The first kappa shape index (κ1) is 16.4. The van der Waals surface area contributed by atoms with E-state index in [1.165, 1.54) is 0 Å². The predicted molar refractivity (Wildman–Crippen MR) is 95.4 cm³/mol. The van der Waals surface area contributed by atoms with Gasteiger partial charge in [-0.15, -0.1) is 10.2 Å². The van der Waals surface area contributed by atoms with Crippen molar-refractivity contribution in [3.63, 3.8) is 0 Å². The Hall–Kier alpha value is -3.03. The summed E-state index contributed by atoms with van der Waals surface area (Å²) >= 11 is 0. The van der Waals surface area contributed by atoms with Crippen molar-refractivity contribution in [3.8, 4) is 0 Å². The smallest absolute Gasteiger partial charge is 0.261 e. The van der Waals surface area contributed by atoms with Crippen LogP contribution in [0.3, 0.4) is 0 Å². The lowest BCUT2D eigenvalue weighted by Crippen LogP contribution is -2.26. The third kappa shape index (κ3) is 3.22. The van der Waals surface area contributed by atoms with Gasteiger partial charge in [-0.05, 0) is 25.0 Å². The quantitative estimate of drug-likeness (QED) is 0.715. The van der Waals surface area contributed by atoms with E-state index in [0.29, 0.717) is 36.8 Å². The van der Waals surface area contributed by atoms with Crippen molar-refractivity contribution in [1.82, 2.24) is 29.6 Å². The standard InChI is InChI=1S/C18H20N6O2/c25-17(19-11-16-22-21-15-7-3-10-24(15)16)8-4-9-23-12-20-14-6-2-1-5-13(14)18(23)26/h1-2,5-6,12H,3-4,7-11H2,(H,19,25). The van der Waals surface area contributed by atoms with Crippen molar-refractivity contribution >= 4 is 16.8 Å². The largest absolute Gasteiger partial charge is 0.349 e. The van der Waals surface area contributed by atoms with Gasteiger partial charge in [-0.2, -0.15) is 0 Å². The number of aromatic nitrogens is 5. The van der Waals surface area contributed by atoms with Crippen molar-refractivity contribution in [2.75, 3.05) is 0 Å². The maximum atomic E-state index is 12.4. The van der Waals surface area contributed by atoms with Crippen molar-refractivity contribution in [3.05, 3.63) is 52.6 Å². The van der Waals surface area contributed by atoms with Crippen LogP contribution in [-0.2, 0) is 30.8 Å². The third-order valence-electron chi connectivity index (χ3n) is 4.66. The molecule has 0 saturated heterocycles. The normalized spacial score (nSPS) is 13.1. The Kier molecular flexibility index (Phi) is 4.47. The summed E-state index contributed by atoms with van der Waals surface area (Å²) in [4.78, 5) is 28.7. The summed E-state index contributed by atoms with van der Waals surface area (Å²) in [5.74, 6) is 1.75. The fraction of sp³-hybridized carbons (Fsp3) is 0.389. The zero-order chi connectivity index (χ0) is 17.9. The molecule has 0 unspecified atom stereocenters. The van der Waals surface area contributed by atoms with Gasteiger partial charge in [0.1, 0.15) is 5.82 Å². The molecular weight excluding hydrogens is 332 g/mol. The lowest BCUT2D eigenvalue weighted by molar-refractivity contribution is -0.121. The molecule has 1 aliphatic rings. The highest BCUT2D eigenvalue weighted by molar-refractivity contribution is 5.77. The minimum atomic E-state index is -0.0740. The molecular formula is C18H20N6O2. The summed E-state index contributed by atoms with van der Waals surface area (Å²) in [5, 5.41) is 11.7. The second-order valence-corrected chi connectivity index (χ2v) is 6.43. The Morgan fingerprint density at radius 3 is 3.04 bits per heavy atom. The second kappa shape index (κ2) is 7.07. The van der Waals surface area contributed by atoms with Gasteiger partial charge in [-0.1, -0.05) is 12.1 Å². The Balaban J connectivity index is 1.30. The Bertz CT molecular complexity index is 1010. The minimum Gasteiger partial charge on any atom is -0.349 e. The first-order chi connectivity index (χ1) is 12.7. The third-order valence-corrected chi connectivity index (χ3v) is 4.66. The lowest BCUT2D eigenvalue weighted by atomic mass is 10.2. The molecule has 8 nitrogen and oxygen atoms in total. The van der Waals surface area contributed by atoms with Crippen LogP contribution in [0.2, 0.25) is 0 Å². The highest BCUT2D eigenvalue weighted by Crippen LogP contribution is 2.13. The summed E-state index contributed by atoms with van der Waals surface area (Å²) in [5.41, 5.74) is 0.613. The molecule has 0 atom stereocenters. The Morgan fingerprint density at radius 1 is 1.23 bits per heavy atom. The van der Waals surface area contributed by atoms with E-state index in [-0.39, 0.29) is 11.5 Å². The first-order valence-electron chi connectivity index (χ1n) is 8.84. The molecule has 3 heterocycles. The zero-order valence-electron chi connectivity index (χ0n) is 14.4. The molecule has 1 N–H and O–H groups in total. The van der Waals surface area contributed by atoms with E-state index >= 15 is 0 Å². The van der Waals surface area contributed by atoms with Crippen LogP contribution in [0, 0.1) is 0 Å². The fourth-order valence-electron chi connectivity index (χ4n) is 3.28. The number of benzene rings is 1. The zero-order valence-corrected chi connectivity index (χ0v) is 14.4. The molecule has 0 radical (unpaired) electrons. The molecule has 0 fully saturated rings. The van der Waals surface area contributed by atoms with Crippen LogP contribution in [0.25, 0.3) is 10.9 Å². The van der Waals surface area contributed by atoms with E-state index in [4.69, 9.17) is 0 Å². The molecule has 134 valence electrons. The van der Waals surface area contributed by atoms with Crippen LogP contribution in [0.15, 0.2) is 35.4 Å². The van der Waals surface area contributed by atoms with Crippen molar-refractivity contribution in [1.29, 1.82) is 0 Å². The molecule has 1 aromatic carbocycles. The summed E-state index contributed by atoms with van der Waals surface area (Å²) < 4.78 is 3.63. The van der Waals surface area contributed by atoms with Crippen LogP contribution in [-0.4, -0.2) is 30.2 Å². The first-order valence-corrected chi connectivity index (χ1v) is 8.84. The van der Waals surface area contributed by atoms with Gasteiger partial charge < -0.3 is 9.88 Å². The molecule has 3 aromatic rings. The van der Waals surface area contributed by atoms with Gasteiger partial charge in [0.15, 0.2) is 5.82 Å². The van der Waals surface area contributed by atoms with Gasteiger partial charge in [-0.3, -0.25) is 14.2 Å². The molecule has 0 bridgehead atoms. The van der Waals surface area contributed by atoms with Crippen molar-refractivity contribution in [2.24, 2.45) is 0 Å². The number of para-hydroxylation sites is 1. The van der Waals surface area contributed by atoms with Crippen LogP contribution < -0.4 is 10.9 Å². The number of carbonyl (C=O) groups is 1. The van der Waals surface area contributed by atoms with Crippen molar-refractivity contribution in [2.45, 2.75) is 45.3 Å². The average Bonchev–Trinajstić information content (AvgIpc) is 3.26. The topological polar surface area (TPSA) is 94.7 Å². The predicted octanol–water partition coefficient (Wildman–Crippen LogP) is 1.03. The van der Waals surface area contributed by atoms with Gasteiger partial charge in [0, 0.05) is 25.9 Å². The summed E-state index contributed by atoms with van der Waals surface area (Å²) in [6.45, 7) is 1.78. The fourth-order valence-corrected chi connectivity index (χ4v) is 3.28. The van der Waals surface area contributed by atoms with Gasteiger partial charge >= 0.3 is 0 Å². The number of nitrogens with one attached hydrogen (secondary N) is 1. The number of hydrogen-bond acceptors (Lipinski definition) is 5. The molecule has 1 aliphatic heterocycles. The van der Waals surface area contributed by atoms with Crippen LogP contribution in [0.5, 0.6) is 0 Å². The Labute approximate surface area is 149 Å². The Morgan fingerprint density at radius 2 is 2.12 bits per heavy atom. The maximum absolute atomic E-state index is 12.4. The monoisotopic (exact) mass is 352 g/mol. The molecule has 0 saturated carbocycles. The van der Waals surface area contributed by atoms with Gasteiger partial charge in [0.2, 0.25) is 5.91 Å². The molecule has 0 aliphatic carbocycles. The number of aryl methyl sites for hydroxylation is 2. The summed E-state index contributed by atoms with van der Waals surface area (Å²) in [7, 11) is 0. The minimum absolute atomic E-state index is 0.0536. The van der Waals surface area contributed by atoms with E-state index in [0.717, 1.165) is 31.0 Å². The summed E-state index contributed by atoms with van der Waals surface area (Å²) in [6.07, 6.45) is 4.50. The SMILES string of the molecule is O=C(CCCn1cnc2ccccc2c1=O)NCc1nnc2n1CCC2. The number of amides is 1. The lowest BCUT2D eigenvalue weighted by Gasteiger charge is -2.08. The van der Waals surface area contributed by atoms with Gasteiger partial charge in [0.25, 0.3) is 5.56 Å². The van der Waals surface area contributed by atoms with Crippen molar-refractivity contribution < 1.29 is 4.79 Å². The van der Waals surface area contributed by atoms with Gasteiger partial charge in [0.05, 0.1) is 23.8 Å². The van der Waals surface area contributed by atoms with Crippen LogP contribution in [0.1, 0.15) is 30.9 Å². The van der Waals surface area contributed by atoms with E-state index in [1.54, 1.807) is 17.0 Å². The number of carbonyl (C=O) groups excluding carboxylic acids is 1. The molecule has 8 heteroatoms. The number of hydrogen-bond donors (Lipinski definition) is 1. The van der Waals surface area contributed by atoms with Gasteiger partial charge in [-0.25, -0.2) is 4.98 Å². The number of fused-ring (bicyclic) bond motifs is 2. The highest BCUT2D eigenvalue weighted by atomic mass is 16.1. The molecule has 1 amide bonds. The van der Waals surface area contributed by atoms with E-state index in [2.05, 4.69) is 25.1 Å². The molecule has 2 aromatic heterocycles. The number of rotatable bonds is 6. The maximum Gasteiger partial charge on any atom is 0.261 e. The summed E-state index contributed by atoms with van der Waals surface area (Å²) in [6, 6.07) is 7.26. The average molecular weight is 352 g/mol. The molecule has 26 heavy (non-hydrogen) atoms. The molecule has 4 rings (SSSR count).